The van der Waals surface area contributed by atoms with Crippen LogP contribution >= 0.6 is 0 Å². The number of hydrogen-bond donors (Lipinski definition) is 2. The van der Waals surface area contributed by atoms with Gasteiger partial charge in [-0.2, -0.15) is 0 Å². The van der Waals surface area contributed by atoms with Gasteiger partial charge in [0.2, 0.25) is 0 Å². The van der Waals surface area contributed by atoms with Crippen molar-refractivity contribution in [3.05, 3.63) is 0 Å². The molecule has 0 aromatic rings. The van der Waals surface area contributed by atoms with Crippen LogP contribution < -0.4 is 0 Å². The molecule has 0 heterocycles. The van der Waals surface area contributed by atoms with E-state index in [0.29, 0.717) is 5.71 Å². The first-order chi connectivity index (χ1) is 4.54. The quantitative estimate of drug-likeness (QED) is 0.348. The Balaban J connectivity index is 4.39. The standard InChI is InChI=1S/C6H12N2O2/c1-5(8-10)6(2,3)4-7-9/h4,9-10H,1-3H3/b7-4+,8-5+. The summed E-state index contributed by atoms with van der Waals surface area (Å²) in [5.74, 6) is 0. The topological polar surface area (TPSA) is 65.2 Å². The molecule has 0 atom stereocenters. The molecule has 0 aromatic carbocycles. The van der Waals surface area contributed by atoms with Gasteiger partial charge < -0.3 is 10.4 Å². The molecule has 0 amide bonds. The van der Waals surface area contributed by atoms with Gasteiger partial charge in [0.05, 0.1) is 11.9 Å². The second kappa shape index (κ2) is 3.20. The van der Waals surface area contributed by atoms with Gasteiger partial charge in [0.1, 0.15) is 0 Å². The third-order valence-electron chi connectivity index (χ3n) is 1.46. The average molecular weight is 144 g/mol. The van der Waals surface area contributed by atoms with Crippen molar-refractivity contribution in [2.45, 2.75) is 20.8 Å². The Morgan fingerprint density at radius 2 is 1.90 bits per heavy atom. The van der Waals surface area contributed by atoms with Crippen molar-refractivity contribution in [3.8, 4) is 0 Å². The maximum atomic E-state index is 8.34. The monoisotopic (exact) mass is 144 g/mol. The van der Waals surface area contributed by atoms with E-state index in [9.17, 15) is 0 Å². The van der Waals surface area contributed by atoms with Crippen LogP contribution in [0, 0.1) is 5.41 Å². The van der Waals surface area contributed by atoms with E-state index in [2.05, 4.69) is 10.3 Å². The van der Waals surface area contributed by atoms with Crippen molar-refractivity contribution < 1.29 is 10.4 Å². The van der Waals surface area contributed by atoms with E-state index < -0.39 is 5.41 Å². The van der Waals surface area contributed by atoms with E-state index in [1.807, 2.05) is 0 Å². The van der Waals surface area contributed by atoms with Gasteiger partial charge in [-0.15, -0.1) is 5.16 Å². The highest BCUT2D eigenvalue weighted by atomic mass is 16.4. The van der Waals surface area contributed by atoms with Crippen LogP contribution in [-0.2, 0) is 0 Å². The molecule has 2 N–H and O–H groups in total. The summed E-state index contributed by atoms with van der Waals surface area (Å²) < 4.78 is 0. The molecule has 0 saturated carbocycles. The lowest BCUT2D eigenvalue weighted by Crippen LogP contribution is -2.23. The highest BCUT2D eigenvalue weighted by Crippen LogP contribution is 2.13. The van der Waals surface area contributed by atoms with Crippen molar-refractivity contribution in [1.29, 1.82) is 0 Å². The number of oxime groups is 2. The first kappa shape index (κ1) is 8.94. The molecule has 4 nitrogen and oxygen atoms in total. The molecule has 0 rings (SSSR count). The van der Waals surface area contributed by atoms with Crippen LogP contribution in [0.2, 0.25) is 0 Å². The summed E-state index contributed by atoms with van der Waals surface area (Å²) in [6.07, 6.45) is 1.31. The summed E-state index contributed by atoms with van der Waals surface area (Å²) in [5, 5.41) is 22.4. The van der Waals surface area contributed by atoms with Gasteiger partial charge in [0.15, 0.2) is 0 Å². The van der Waals surface area contributed by atoms with Gasteiger partial charge in [-0.3, -0.25) is 0 Å². The number of hydrogen-bond acceptors (Lipinski definition) is 4. The normalized spacial score (nSPS) is 14.5. The van der Waals surface area contributed by atoms with Crippen LogP contribution in [0.1, 0.15) is 20.8 Å². The van der Waals surface area contributed by atoms with Crippen molar-refractivity contribution in [2.24, 2.45) is 15.7 Å². The maximum absolute atomic E-state index is 8.34. The minimum absolute atomic E-state index is 0.483. The smallest absolute Gasteiger partial charge is 0.0650 e. The van der Waals surface area contributed by atoms with E-state index in [0.717, 1.165) is 0 Å². The second-order valence-corrected chi connectivity index (χ2v) is 2.65. The van der Waals surface area contributed by atoms with E-state index in [1.165, 1.54) is 6.21 Å². The minimum Gasteiger partial charge on any atom is -0.411 e. The molecule has 0 aromatic heterocycles. The molecule has 4 heteroatoms. The fourth-order valence-electron chi connectivity index (χ4n) is 0.367. The van der Waals surface area contributed by atoms with Crippen molar-refractivity contribution in [1.82, 2.24) is 0 Å². The van der Waals surface area contributed by atoms with Gasteiger partial charge >= 0.3 is 0 Å². The summed E-state index contributed by atoms with van der Waals surface area (Å²) in [6, 6.07) is 0. The SMILES string of the molecule is C/C(=N\O)C(C)(C)/C=N/O. The molecular formula is C6H12N2O2. The third kappa shape index (κ3) is 2.05. The van der Waals surface area contributed by atoms with E-state index in [-0.39, 0.29) is 0 Å². The Morgan fingerprint density at radius 1 is 1.40 bits per heavy atom. The molecule has 0 spiro atoms. The zero-order chi connectivity index (χ0) is 8.20. The molecule has 0 fully saturated rings. The van der Waals surface area contributed by atoms with Crippen LogP contribution in [-0.4, -0.2) is 22.3 Å². The number of rotatable bonds is 2. The predicted octanol–water partition coefficient (Wildman–Crippen LogP) is 1.32. The van der Waals surface area contributed by atoms with Gasteiger partial charge in [0, 0.05) is 5.41 Å². The summed E-state index contributed by atoms with van der Waals surface area (Å²) in [6.45, 7) is 5.21. The largest absolute Gasteiger partial charge is 0.411 e. The Hall–Kier alpha value is -1.06. The highest BCUT2D eigenvalue weighted by molar-refractivity contribution is 6.00. The molecule has 0 aliphatic rings. The van der Waals surface area contributed by atoms with Crippen LogP contribution in [0.5, 0.6) is 0 Å². The molecule has 0 bridgehead atoms. The van der Waals surface area contributed by atoms with E-state index in [1.54, 1.807) is 20.8 Å². The Morgan fingerprint density at radius 3 is 2.20 bits per heavy atom. The molecular weight excluding hydrogens is 132 g/mol. The van der Waals surface area contributed by atoms with Crippen molar-refractivity contribution >= 4 is 11.9 Å². The molecule has 0 radical (unpaired) electrons. The van der Waals surface area contributed by atoms with Gasteiger partial charge in [-0.25, -0.2) is 0 Å². The molecule has 58 valence electrons. The Bertz CT molecular complexity index is 161. The second-order valence-electron chi connectivity index (χ2n) is 2.65. The lowest BCUT2D eigenvalue weighted by molar-refractivity contribution is 0.309. The highest BCUT2D eigenvalue weighted by Gasteiger charge is 2.19. The summed E-state index contributed by atoms with van der Waals surface area (Å²) in [5.41, 5.74) is 0.0223. The predicted molar refractivity (Wildman–Crippen MR) is 39.0 cm³/mol. The fourth-order valence-corrected chi connectivity index (χ4v) is 0.367. The number of nitrogens with zero attached hydrogens (tertiary/aromatic N) is 2. The van der Waals surface area contributed by atoms with Crippen LogP contribution in [0.3, 0.4) is 0 Å². The van der Waals surface area contributed by atoms with E-state index in [4.69, 9.17) is 10.4 Å². The summed E-state index contributed by atoms with van der Waals surface area (Å²) in [7, 11) is 0. The van der Waals surface area contributed by atoms with Crippen LogP contribution in [0.25, 0.3) is 0 Å². The lowest BCUT2D eigenvalue weighted by Gasteiger charge is -2.15. The molecule has 0 aliphatic carbocycles. The van der Waals surface area contributed by atoms with E-state index >= 15 is 0 Å². The maximum Gasteiger partial charge on any atom is 0.0650 e. The van der Waals surface area contributed by atoms with Crippen LogP contribution in [0.15, 0.2) is 10.3 Å². The lowest BCUT2D eigenvalue weighted by atomic mass is 9.90. The summed E-state index contributed by atoms with van der Waals surface area (Å²) >= 11 is 0. The third-order valence-corrected chi connectivity index (χ3v) is 1.46. The molecule has 10 heavy (non-hydrogen) atoms. The Labute approximate surface area is 59.9 Å². The van der Waals surface area contributed by atoms with Crippen molar-refractivity contribution in [3.63, 3.8) is 0 Å². The first-order valence-electron chi connectivity index (χ1n) is 2.92. The summed E-state index contributed by atoms with van der Waals surface area (Å²) in [4.78, 5) is 0. The Kier molecular flexibility index (Phi) is 2.86. The zero-order valence-corrected chi connectivity index (χ0v) is 6.37. The minimum atomic E-state index is -0.483. The van der Waals surface area contributed by atoms with Crippen molar-refractivity contribution in [2.75, 3.05) is 0 Å². The first-order valence-corrected chi connectivity index (χ1v) is 2.92. The average Bonchev–Trinajstić information content (AvgIpc) is 1.86. The van der Waals surface area contributed by atoms with Gasteiger partial charge in [-0.05, 0) is 20.8 Å². The van der Waals surface area contributed by atoms with Gasteiger partial charge in [0.25, 0.3) is 0 Å². The van der Waals surface area contributed by atoms with Gasteiger partial charge in [-0.1, -0.05) is 5.16 Å². The molecule has 0 unspecified atom stereocenters. The molecule has 0 saturated heterocycles. The van der Waals surface area contributed by atoms with Crippen LogP contribution in [0.4, 0.5) is 0 Å². The molecule has 0 aliphatic heterocycles. The fraction of sp³-hybridized carbons (Fsp3) is 0.667. The zero-order valence-electron chi connectivity index (χ0n) is 6.37.